The van der Waals surface area contributed by atoms with Gasteiger partial charge in [0.15, 0.2) is 0 Å². The first kappa shape index (κ1) is 21.9. The smallest absolute Gasteiger partial charge is 0.411 e. The highest BCUT2D eigenvalue weighted by Crippen LogP contribution is 2.20. The Kier molecular flexibility index (Phi) is 10.8. The van der Waals surface area contributed by atoms with Crippen LogP contribution in [0, 0.1) is 0 Å². The van der Waals surface area contributed by atoms with Gasteiger partial charge in [-0.3, -0.25) is 9.55 Å². The largest absolute Gasteiger partial charge is 0.522 e. The van der Waals surface area contributed by atoms with Gasteiger partial charge in [0.1, 0.15) is 12.1 Å². The van der Waals surface area contributed by atoms with E-state index in [1.165, 1.54) is 19.1 Å². The molecule has 0 saturated heterocycles. The Labute approximate surface area is 121 Å². The fourth-order valence-electron chi connectivity index (χ4n) is 0.905. The molecular weight excluding hydrogens is 315 g/mol. The third-order valence-corrected chi connectivity index (χ3v) is 2.54. The molecule has 0 amide bonds. The maximum Gasteiger partial charge on any atom is 0.522 e. The van der Waals surface area contributed by atoms with Crippen LogP contribution in [0.3, 0.4) is 0 Å². The van der Waals surface area contributed by atoms with Gasteiger partial charge in [-0.1, -0.05) is 24.9 Å². The maximum absolute atomic E-state index is 10.7. The Balaban J connectivity index is 0. The number of nitrogens with zero attached hydrogens (tertiary/aromatic N) is 3. The summed E-state index contributed by atoms with van der Waals surface area (Å²) in [6.45, 7) is 2.96. The zero-order valence-electron chi connectivity index (χ0n) is 12.0. The van der Waals surface area contributed by atoms with E-state index in [4.69, 9.17) is 18.2 Å². The van der Waals surface area contributed by atoms with Crippen LogP contribution in [0.25, 0.3) is 0 Å². The van der Waals surface area contributed by atoms with Gasteiger partial charge in [-0.2, -0.15) is 21.6 Å². The van der Waals surface area contributed by atoms with E-state index in [0.29, 0.717) is 5.84 Å². The average Bonchev–Trinajstić information content (AvgIpc) is 2.31. The van der Waals surface area contributed by atoms with Crippen molar-refractivity contribution in [1.82, 2.24) is 4.90 Å². The number of rotatable bonds is 5. The molecule has 0 aliphatic heterocycles. The van der Waals surface area contributed by atoms with Crippen molar-refractivity contribution in [2.45, 2.75) is 31.7 Å². The molecule has 0 aromatic carbocycles. The van der Waals surface area contributed by atoms with Gasteiger partial charge in [0.25, 0.3) is 0 Å². The summed E-state index contributed by atoms with van der Waals surface area (Å²) in [5.41, 5.74) is -5.53. The Bertz CT molecular complexity index is 433. The summed E-state index contributed by atoms with van der Waals surface area (Å²) in [6, 6.07) is 0. The van der Waals surface area contributed by atoms with E-state index in [1.54, 1.807) is 0 Å². The number of halogens is 3. The van der Waals surface area contributed by atoms with E-state index in [1.807, 2.05) is 19.0 Å². The number of aliphatic imine (C=N–C) groups is 1. The molecule has 0 aliphatic rings. The van der Waals surface area contributed by atoms with E-state index in [2.05, 4.69) is 17.1 Å². The summed E-state index contributed by atoms with van der Waals surface area (Å²) in [5.74, 6) is 0.707. The van der Waals surface area contributed by atoms with Crippen molar-refractivity contribution >= 4 is 22.2 Å². The highest BCUT2D eigenvalue weighted by Gasteiger charge is 2.44. The number of unbranched alkanes of at least 4 members (excludes halogenated alkanes) is 2. The molecule has 0 spiro atoms. The average molecular weight is 335 g/mol. The second-order valence-corrected chi connectivity index (χ2v) is 5.42. The third-order valence-electron chi connectivity index (χ3n) is 1.96. The van der Waals surface area contributed by atoms with Crippen molar-refractivity contribution in [2.75, 3.05) is 20.6 Å². The molecule has 0 rings (SSSR count). The monoisotopic (exact) mass is 335 g/mol. The quantitative estimate of drug-likeness (QED) is 0.152. The molecule has 0 saturated carbocycles. The van der Waals surface area contributed by atoms with Gasteiger partial charge >= 0.3 is 15.6 Å². The number of alkyl halides is 3. The fourth-order valence-corrected chi connectivity index (χ4v) is 0.905. The van der Waals surface area contributed by atoms with Gasteiger partial charge in [-0.05, 0) is 6.42 Å². The molecule has 7 nitrogen and oxygen atoms in total. The van der Waals surface area contributed by atoms with Gasteiger partial charge in [0.05, 0.1) is 0 Å². The zero-order valence-corrected chi connectivity index (χ0v) is 12.8. The molecule has 11 heteroatoms. The van der Waals surface area contributed by atoms with Crippen molar-refractivity contribution < 1.29 is 31.3 Å². The molecule has 0 radical (unpaired) electrons. The summed E-state index contributed by atoms with van der Waals surface area (Å²) in [7, 11) is -2.09. The standard InChI is InChI=1S/C9H19N3O.CHF3O3S/c1-4-5-6-7-10-9(8-11-13)12(2)3;2-1(3,4)8(5,6)7/h8,13H,4-7H2,1-3H3;(H,5,6,7)/b10-9?,11-8+;. The van der Waals surface area contributed by atoms with E-state index in [0.717, 1.165) is 13.0 Å². The van der Waals surface area contributed by atoms with Gasteiger partial charge < -0.3 is 10.1 Å². The van der Waals surface area contributed by atoms with Gasteiger partial charge in [0.2, 0.25) is 0 Å². The highest BCUT2D eigenvalue weighted by molar-refractivity contribution is 7.86. The van der Waals surface area contributed by atoms with Crippen LogP contribution in [0.1, 0.15) is 26.2 Å². The van der Waals surface area contributed by atoms with Crippen molar-refractivity contribution in [2.24, 2.45) is 10.1 Å². The fraction of sp³-hybridized carbons (Fsp3) is 0.800. The van der Waals surface area contributed by atoms with Gasteiger partial charge in [-0.25, -0.2) is 0 Å². The molecule has 0 heterocycles. The van der Waals surface area contributed by atoms with Crippen molar-refractivity contribution in [3.05, 3.63) is 0 Å². The molecule has 0 aliphatic carbocycles. The summed E-state index contributed by atoms with van der Waals surface area (Å²) >= 11 is 0. The normalized spacial score (nSPS) is 13.0. The summed E-state index contributed by atoms with van der Waals surface area (Å²) in [4.78, 5) is 6.11. The van der Waals surface area contributed by atoms with Crippen LogP contribution in [0.4, 0.5) is 13.2 Å². The number of hydrogen-bond donors (Lipinski definition) is 2. The predicted octanol–water partition coefficient (Wildman–Crippen LogP) is 1.99. The van der Waals surface area contributed by atoms with Crippen LogP contribution in [-0.4, -0.2) is 61.3 Å². The first-order chi connectivity index (χ1) is 9.47. The van der Waals surface area contributed by atoms with Crippen LogP contribution in [-0.2, 0) is 10.1 Å². The number of amidine groups is 1. The maximum atomic E-state index is 10.7. The molecule has 2 N–H and O–H groups in total. The lowest BCUT2D eigenvalue weighted by molar-refractivity contribution is -0.0510. The molecular formula is C10H20F3N3O4S. The number of hydrogen-bond acceptors (Lipinski definition) is 5. The zero-order chi connectivity index (χ0) is 17.1. The van der Waals surface area contributed by atoms with E-state index in [-0.39, 0.29) is 0 Å². The van der Waals surface area contributed by atoms with Crippen LogP contribution in [0.15, 0.2) is 10.1 Å². The highest BCUT2D eigenvalue weighted by atomic mass is 32.2. The van der Waals surface area contributed by atoms with Crippen LogP contribution >= 0.6 is 0 Å². The van der Waals surface area contributed by atoms with E-state index >= 15 is 0 Å². The second kappa shape index (κ2) is 10.4. The van der Waals surface area contributed by atoms with Crippen LogP contribution in [0.5, 0.6) is 0 Å². The minimum Gasteiger partial charge on any atom is -0.411 e. The Hall–Kier alpha value is -1.36. The third kappa shape index (κ3) is 12.1. The summed E-state index contributed by atoms with van der Waals surface area (Å²) in [6.07, 6.45) is 4.83. The molecule has 0 aromatic heterocycles. The summed E-state index contributed by atoms with van der Waals surface area (Å²) in [5, 5.41) is 11.3. The molecule has 0 unspecified atom stereocenters. The summed E-state index contributed by atoms with van der Waals surface area (Å²) < 4.78 is 57.5. The van der Waals surface area contributed by atoms with Crippen molar-refractivity contribution in [1.29, 1.82) is 0 Å². The number of oxime groups is 1. The molecule has 0 bridgehead atoms. The lowest BCUT2D eigenvalue weighted by Gasteiger charge is -2.10. The first-order valence-electron chi connectivity index (χ1n) is 5.90. The van der Waals surface area contributed by atoms with Crippen molar-refractivity contribution in [3.8, 4) is 0 Å². The van der Waals surface area contributed by atoms with E-state index in [9.17, 15) is 13.2 Å². The van der Waals surface area contributed by atoms with Gasteiger partial charge in [0, 0.05) is 20.6 Å². The Morgan fingerprint density at radius 2 is 1.76 bits per heavy atom. The lowest BCUT2D eigenvalue weighted by atomic mass is 10.2. The molecule has 0 atom stereocenters. The Morgan fingerprint density at radius 1 is 1.29 bits per heavy atom. The minimum absolute atomic E-state index is 0.707. The first-order valence-corrected chi connectivity index (χ1v) is 7.34. The second-order valence-electron chi connectivity index (χ2n) is 4.01. The SMILES string of the molecule is CCCCCN=C(/C=N/O)N(C)C.O=S(=O)(O)C(F)(F)F. The predicted molar refractivity (Wildman–Crippen MR) is 73.4 cm³/mol. The van der Waals surface area contributed by atoms with Crippen LogP contribution < -0.4 is 0 Å². The topological polar surface area (TPSA) is 103 Å². The molecule has 126 valence electrons. The van der Waals surface area contributed by atoms with Crippen LogP contribution in [0.2, 0.25) is 0 Å². The molecule has 0 aromatic rings. The Morgan fingerprint density at radius 3 is 2.05 bits per heavy atom. The van der Waals surface area contributed by atoms with Crippen molar-refractivity contribution in [3.63, 3.8) is 0 Å². The van der Waals surface area contributed by atoms with E-state index < -0.39 is 15.6 Å². The minimum atomic E-state index is -5.84. The lowest BCUT2D eigenvalue weighted by Crippen LogP contribution is -2.23. The molecule has 21 heavy (non-hydrogen) atoms. The van der Waals surface area contributed by atoms with Gasteiger partial charge in [-0.15, -0.1) is 0 Å². The molecule has 0 fully saturated rings.